The van der Waals surface area contributed by atoms with Crippen LogP contribution in [0.2, 0.25) is 0 Å². The number of carbonyl (C=O) groups excluding carboxylic acids is 2. The van der Waals surface area contributed by atoms with Crippen molar-refractivity contribution in [2.75, 3.05) is 6.66 Å². The minimum Gasteiger partial charge on any atom is -0.448 e. The molecule has 0 aliphatic heterocycles. The Morgan fingerprint density at radius 1 is 1.71 bits per heavy atom. The zero-order chi connectivity index (χ0) is 11.0. The molecule has 7 nitrogen and oxygen atoms in total. The van der Waals surface area contributed by atoms with Crippen molar-refractivity contribution >= 4 is 27.0 Å². The summed E-state index contributed by atoms with van der Waals surface area (Å²) in [5.74, 6) is -0.399. The van der Waals surface area contributed by atoms with Crippen molar-refractivity contribution < 1.29 is 14.1 Å². The molecule has 0 bridgehead atoms. The lowest BCUT2D eigenvalue weighted by molar-refractivity contribution is -0.133. The van der Waals surface area contributed by atoms with Gasteiger partial charge in [0.15, 0.2) is 0 Å². The molecule has 0 aromatic rings. The lowest BCUT2D eigenvalue weighted by Crippen LogP contribution is -2.29. The van der Waals surface area contributed by atoms with Crippen LogP contribution in [-0.4, -0.2) is 30.9 Å². The number of primary amides is 1. The third-order valence-electron chi connectivity index (χ3n) is 1.06. The van der Waals surface area contributed by atoms with Gasteiger partial charge in [0.1, 0.15) is 0 Å². The van der Waals surface area contributed by atoms with Crippen LogP contribution >= 0.6 is 8.81 Å². The van der Waals surface area contributed by atoms with Crippen LogP contribution < -0.4 is 16.9 Å². The van der Waals surface area contributed by atoms with Crippen LogP contribution in [0.3, 0.4) is 0 Å². The summed E-state index contributed by atoms with van der Waals surface area (Å²) >= 11 is 0. The summed E-state index contributed by atoms with van der Waals surface area (Å²) in [7, 11) is 0.0967. The Balaban J connectivity index is 3.74. The van der Waals surface area contributed by atoms with Gasteiger partial charge < -0.3 is 16.0 Å². The zero-order valence-corrected chi connectivity index (χ0v) is 8.69. The maximum atomic E-state index is 10.9. The minimum atomic E-state index is -0.786. The lowest BCUT2D eigenvalue weighted by Gasteiger charge is -2.04. The highest BCUT2D eigenvalue weighted by molar-refractivity contribution is 7.31. The van der Waals surface area contributed by atoms with Crippen LogP contribution in [0.5, 0.6) is 0 Å². The molecule has 5 N–H and O–H groups in total. The Morgan fingerprint density at radius 2 is 2.36 bits per heavy atom. The predicted octanol–water partition coefficient (Wildman–Crippen LogP) is -0.876. The van der Waals surface area contributed by atoms with Gasteiger partial charge in [0.2, 0.25) is 0 Å². The van der Waals surface area contributed by atoms with Crippen LogP contribution in [0, 0.1) is 0 Å². The number of hydrogen-bond acceptors (Lipinski definition) is 5. The minimum absolute atomic E-state index is 0.0186. The summed E-state index contributed by atoms with van der Waals surface area (Å²) < 4.78 is 4.68. The van der Waals surface area contributed by atoms with Crippen molar-refractivity contribution in [3.05, 3.63) is 0 Å². The number of nitrogens with two attached hydrogens (primary N) is 2. The molecule has 0 saturated heterocycles. The molecule has 0 radical (unpaired) electrons. The average Bonchev–Trinajstić information content (AvgIpc) is 2.03. The van der Waals surface area contributed by atoms with Crippen molar-refractivity contribution in [2.24, 2.45) is 16.6 Å². The Hall–Kier alpha value is -1.20. The quantitative estimate of drug-likeness (QED) is 0.316. The third-order valence-corrected chi connectivity index (χ3v) is 1.49. The summed E-state index contributed by atoms with van der Waals surface area (Å²) in [6, 6.07) is -1.38. The first-order valence-corrected chi connectivity index (χ1v) is 5.17. The topological polar surface area (TPSA) is 120 Å². The Labute approximate surface area is 83.1 Å². The molecule has 8 heteroatoms. The SMILES string of the molecule is CPOC(=O)CC(N)/C=N/NC(N)=O. The molecule has 14 heavy (non-hydrogen) atoms. The summed E-state index contributed by atoms with van der Waals surface area (Å²) in [4.78, 5) is 21.1. The molecule has 0 aliphatic rings. The number of nitrogens with one attached hydrogen (secondary N) is 1. The molecule has 0 saturated carbocycles. The molecule has 2 amide bonds. The number of rotatable bonds is 5. The van der Waals surface area contributed by atoms with Gasteiger partial charge in [-0.15, -0.1) is 0 Å². The molecule has 0 heterocycles. The molecular weight excluding hydrogens is 207 g/mol. The Kier molecular flexibility index (Phi) is 6.61. The first-order valence-electron chi connectivity index (χ1n) is 3.77. The number of hydrazone groups is 1. The van der Waals surface area contributed by atoms with Gasteiger partial charge in [0.25, 0.3) is 0 Å². The summed E-state index contributed by atoms with van der Waals surface area (Å²) in [5, 5.41) is 3.40. The fraction of sp³-hybridized carbons (Fsp3) is 0.500. The summed E-state index contributed by atoms with van der Waals surface area (Å²) in [6.45, 7) is 1.73. The maximum absolute atomic E-state index is 10.9. The highest BCUT2D eigenvalue weighted by atomic mass is 31.1. The van der Waals surface area contributed by atoms with Gasteiger partial charge in [-0.3, -0.25) is 4.79 Å². The van der Waals surface area contributed by atoms with Gasteiger partial charge in [0, 0.05) is 6.21 Å². The first-order chi connectivity index (χ1) is 6.56. The van der Waals surface area contributed by atoms with Crippen LogP contribution in [0.15, 0.2) is 5.10 Å². The van der Waals surface area contributed by atoms with Gasteiger partial charge in [-0.1, -0.05) is 0 Å². The fourth-order valence-corrected chi connectivity index (χ4v) is 0.908. The van der Waals surface area contributed by atoms with E-state index in [2.05, 4.69) is 9.63 Å². The monoisotopic (exact) mass is 220 g/mol. The van der Waals surface area contributed by atoms with E-state index < -0.39 is 18.0 Å². The molecule has 0 rings (SSSR count). The smallest absolute Gasteiger partial charge is 0.332 e. The molecule has 0 fully saturated rings. The lowest BCUT2D eigenvalue weighted by atomic mass is 10.2. The molecule has 2 unspecified atom stereocenters. The average molecular weight is 220 g/mol. The number of amides is 2. The van der Waals surface area contributed by atoms with E-state index in [0.717, 1.165) is 0 Å². The van der Waals surface area contributed by atoms with Crippen molar-refractivity contribution in [2.45, 2.75) is 12.5 Å². The van der Waals surface area contributed by atoms with Crippen LogP contribution in [0.25, 0.3) is 0 Å². The van der Waals surface area contributed by atoms with E-state index in [-0.39, 0.29) is 15.2 Å². The highest BCUT2D eigenvalue weighted by Gasteiger charge is 2.07. The molecule has 80 valence electrons. The predicted molar refractivity (Wildman–Crippen MR) is 54.1 cm³/mol. The number of carbonyl (C=O) groups is 2. The molecular formula is C6H13N4O3P. The number of hydrogen-bond donors (Lipinski definition) is 3. The van der Waals surface area contributed by atoms with E-state index in [0.29, 0.717) is 0 Å². The van der Waals surface area contributed by atoms with Crippen molar-refractivity contribution in [3.8, 4) is 0 Å². The van der Waals surface area contributed by atoms with E-state index >= 15 is 0 Å². The summed E-state index contributed by atoms with van der Waals surface area (Å²) in [5.41, 5.74) is 12.1. The first kappa shape index (κ1) is 12.8. The molecule has 0 aromatic carbocycles. The maximum Gasteiger partial charge on any atom is 0.332 e. The largest absolute Gasteiger partial charge is 0.448 e. The van der Waals surface area contributed by atoms with Gasteiger partial charge in [-0.25, -0.2) is 10.2 Å². The molecule has 2 atom stereocenters. The Bertz CT molecular complexity index is 233. The number of urea groups is 1. The van der Waals surface area contributed by atoms with E-state index in [4.69, 9.17) is 11.5 Å². The van der Waals surface area contributed by atoms with Crippen LogP contribution in [-0.2, 0) is 9.32 Å². The van der Waals surface area contributed by atoms with E-state index in [1.54, 1.807) is 6.66 Å². The zero-order valence-electron chi connectivity index (χ0n) is 7.69. The van der Waals surface area contributed by atoms with Crippen molar-refractivity contribution in [1.29, 1.82) is 0 Å². The second-order valence-electron chi connectivity index (χ2n) is 2.30. The molecule has 0 aliphatic carbocycles. The molecule has 0 aromatic heterocycles. The van der Waals surface area contributed by atoms with Gasteiger partial charge in [-0.2, -0.15) is 5.10 Å². The summed E-state index contributed by atoms with van der Waals surface area (Å²) in [6.07, 6.45) is 1.23. The molecule has 0 spiro atoms. The normalized spacial score (nSPS) is 13.3. The third kappa shape index (κ3) is 7.45. The standard InChI is InChI=1S/C6H13N4O3P/c1-14-13-5(11)2-4(7)3-9-10-6(8)12/h3-4,14H,2,7H2,1H3,(H3,8,10,12)/b9-3+. The highest BCUT2D eigenvalue weighted by Crippen LogP contribution is 2.06. The van der Waals surface area contributed by atoms with Crippen LogP contribution in [0.1, 0.15) is 6.42 Å². The van der Waals surface area contributed by atoms with E-state index in [9.17, 15) is 9.59 Å². The Morgan fingerprint density at radius 3 is 2.86 bits per heavy atom. The van der Waals surface area contributed by atoms with Crippen molar-refractivity contribution in [1.82, 2.24) is 5.43 Å². The fourth-order valence-electron chi connectivity index (χ4n) is 0.597. The second-order valence-corrected chi connectivity index (χ2v) is 2.91. The van der Waals surface area contributed by atoms with E-state index in [1.807, 2.05) is 5.43 Å². The van der Waals surface area contributed by atoms with Crippen molar-refractivity contribution in [3.63, 3.8) is 0 Å². The van der Waals surface area contributed by atoms with Gasteiger partial charge in [0.05, 0.1) is 21.3 Å². The van der Waals surface area contributed by atoms with E-state index in [1.165, 1.54) is 6.21 Å². The number of nitrogens with zero attached hydrogens (tertiary/aromatic N) is 1. The van der Waals surface area contributed by atoms with Gasteiger partial charge >= 0.3 is 12.0 Å². The van der Waals surface area contributed by atoms with Gasteiger partial charge in [-0.05, 0) is 6.66 Å². The second kappa shape index (κ2) is 7.23. The van der Waals surface area contributed by atoms with Crippen LogP contribution in [0.4, 0.5) is 4.79 Å².